The van der Waals surface area contributed by atoms with Crippen LogP contribution in [0.15, 0.2) is 108 Å². The first kappa shape index (κ1) is 25.0. The molecule has 4 aromatic carbocycles. The van der Waals surface area contributed by atoms with Gasteiger partial charge in [-0.15, -0.1) is 0 Å². The maximum absolute atomic E-state index is 13.0. The average molecular weight is 503 g/mol. The van der Waals surface area contributed by atoms with Gasteiger partial charge in [0, 0.05) is 17.8 Å². The SMILES string of the molecule is COc1ccc(C(=O)Nc2ccc(Oc3ccccc3)cc2)cc1S(=O)(=O)NCCc1ccccc1. The molecule has 0 unspecified atom stereocenters. The molecule has 0 aliphatic heterocycles. The van der Waals surface area contributed by atoms with Crippen LogP contribution in [0.25, 0.3) is 0 Å². The number of amides is 1. The van der Waals surface area contributed by atoms with Crippen LogP contribution in [0.2, 0.25) is 0 Å². The number of sulfonamides is 1. The van der Waals surface area contributed by atoms with Crippen LogP contribution in [0, 0.1) is 0 Å². The molecule has 0 aliphatic carbocycles. The summed E-state index contributed by atoms with van der Waals surface area (Å²) in [5.41, 5.74) is 1.74. The molecule has 4 rings (SSSR count). The highest BCUT2D eigenvalue weighted by molar-refractivity contribution is 7.89. The van der Waals surface area contributed by atoms with Crippen LogP contribution in [0.4, 0.5) is 5.69 Å². The number of anilines is 1. The van der Waals surface area contributed by atoms with Gasteiger partial charge in [-0.2, -0.15) is 0 Å². The van der Waals surface area contributed by atoms with Gasteiger partial charge in [-0.05, 0) is 66.6 Å². The second-order valence-electron chi connectivity index (χ2n) is 7.89. The summed E-state index contributed by atoms with van der Waals surface area (Å²) >= 11 is 0. The molecule has 184 valence electrons. The zero-order valence-electron chi connectivity index (χ0n) is 19.7. The fourth-order valence-electron chi connectivity index (χ4n) is 3.51. The van der Waals surface area contributed by atoms with Gasteiger partial charge >= 0.3 is 0 Å². The summed E-state index contributed by atoms with van der Waals surface area (Å²) in [6.07, 6.45) is 0.534. The maximum Gasteiger partial charge on any atom is 0.255 e. The van der Waals surface area contributed by atoms with Crippen molar-refractivity contribution in [2.45, 2.75) is 11.3 Å². The molecule has 0 bridgehead atoms. The van der Waals surface area contributed by atoms with Crippen molar-refractivity contribution in [3.63, 3.8) is 0 Å². The highest BCUT2D eigenvalue weighted by Crippen LogP contribution is 2.26. The predicted molar refractivity (Wildman–Crippen MR) is 139 cm³/mol. The minimum Gasteiger partial charge on any atom is -0.495 e. The number of benzene rings is 4. The van der Waals surface area contributed by atoms with E-state index in [4.69, 9.17) is 9.47 Å². The number of ether oxygens (including phenoxy) is 2. The molecule has 0 spiro atoms. The van der Waals surface area contributed by atoms with E-state index in [1.54, 1.807) is 24.3 Å². The summed E-state index contributed by atoms with van der Waals surface area (Å²) in [6.45, 7) is 0.212. The third-order valence-corrected chi connectivity index (χ3v) is 6.84. The zero-order valence-corrected chi connectivity index (χ0v) is 20.5. The lowest BCUT2D eigenvalue weighted by Crippen LogP contribution is -2.27. The Labute approximate surface area is 210 Å². The van der Waals surface area contributed by atoms with E-state index in [2.05, 4.69) is 10.0 Å². The number of hydrogen-bond acceptors (Lipinski definition) is 5. The molecule has 0 atom stereocenters. The topological polar surface area (TPSA) is 93.7 Å². The molecule has 8 heteroatoms. The quantitative estimate of drug-likeness (QED) is 0.309. The van der Waals surface area contributed by atoms with Gasteiger partial charge in [-0.1, -0.05) is 48.5 Å². The Hall–Kier alpha value is -4.14. The first-order valence-corrected chi connectivity index (χ1v) is 12.8. The number of methoxy groups -OCH3 is 1. The lowest BCUT2D eigenvalue weighted by atomic mass is 10.2. The molecule has 36 heavy (non-hydrogen) atoms. The molecule has 0 saturated heterocycles. The molecule has 0 heterocycles. The summed E-state index contributed by atoms with van der Waals surface area (Å²) in [5, 5.41) is 2.78. The Kier molecular flexibility index (Phi) is 7.99. The van der Waals surface area contributed by atoms with Crippen molar-refractivity contribution in [1.82, 2.24) is 4.72 Å². The predicted octanol–water partition coefficient (Wildman–Crippen LogP) is 5.26. The minimum atomic E-state index is -3.91. The van der Waals surface area contributed by atoms with Gasteiger partial charge in [0.05, 0.1) is 7.11 Å². The second kappa shape index (κ2) is 11.5. The highest BCUT2D eigenvalue weighted by Gasteiger charge is 2.21. The van der Waals surface area contributed by atoms with E-state index in [0.29, 0.717) is 23.6 Å². The molecule has 1 amide bonds. The van der Waals surface area contributed by atoms with Gasteiger partial charge in [0.25, 0.3) is 5.91 Å². The van der Waals surface area contributed by atoms with Crippen LogP contribution in [-0.4, -0.2) is 28.0 Å². The molecule has 7 nitrogen and oxygen atoms in total. The lowest BCUT2D eigenvalue weighted by molar-refractivity contribution is 0.102. The molecule has 0 aliphatic rings. The van der Waals surface area contributed by atoms with Crippen LogP contribution in [-0.2, 0) is 16.4 Å². The number of carbonyl (C=O) groups excluding carboxylic acids is 1. The summed E-state index contributed by atoms with van der Waals surface area (Å²) in [4.78, 5) is 12.8. The van der Waals surface area contributed by atoms with Crippen LogP contribution in [0.1, 0.15) is 15.9 Å². The van der Waals surface area contributed by atoms with E-state index in [0.717, 1.165) is 5.56 Å². The molecule has 0 aromatic heterocycles. The van der Waals surface area contributed by atoms with E-state index >= 15 is 0 Å². The number of para-hydroxylation sites is 1. The number of carbonyl (C=O) groups is 1. The summed E-state index contributed by atoms with van der Waals surface area (Å²) in [7, 11) is -2.52. The number of hydrogen-bond donors (Lipinski definition) is 2. The second-order valence-corrected chi connectivity index (χ2v) is 9.63. The summed E-state index contributed by atoms with van der Waals surface area (Å²) in [5.74, 6) is 1.04. The number of nitrogens with one attached hydrogen (secondary N) is 2. The van der Waals surface area contributed by atoms with Crippen molar-refractivity contribution in [3.05, 3.63) is 114 Å². The van der Waals surface area contributed by atoms with E-state index in [1.807, 2.05) is 60.7 Å². The van der Waals surface area contributed by atoms with Crippen molar-refractivity contribution in [1.29, 1.82) is 0 Å². The van der Waals surface area contributed by atoms with E-state index < -0.39 is 15.9 Å². The Morgan fingerprint density at radius 2 is 1.44 bits per heavy atom. The largest absolute Gasteiger partial charge is 0.495 e. The van der Waals surface area contributed by atoms with Gasteiger partial charge in [0.15, 0.2) is 0 Å². The Morgan fingerprint density at radius 1 is 0.806 bits per heavy atom. The maximum atomic E-state index is 13.0. The first-order chi connectivity index (χ1) is 17.4. The van der Waals surface area contributed by atoms with Crippen LogP contribution < -0.4 is 19.5 Å². The van der Waals surface area contributed by atoms with Crippen molar-refractivity contribution >= 4 is 21.6 Å². The molecule has 0 saturated carbocycles. The molecule has 4 aromatic rings. The monoisotopic (exact) mass is 502 g/mol. The van der Waals surface area contributed by atoms with Gasteiger partial charge in [0.1, 0.15) is 22.1 Å². The molecular weight excluding hydrogens is 476 g/mol. The average Bonchev–Trinajstić information content (AvgIpc) is 2.90. The fourth-order valence-corrected chi connectivity index (χ4v) is 4.74. The van der Waals surface area contributed by atoms with Crippen molar-refractivity contribution < 1.29 is 22.7 Å². The third-order valence-electron chi connectivity index (χ3n) is 5.36. The van der Waals surface area contributed by atoms with Crippen LogP contribution >= 0.6 is 0 Å². The highest BCUT2D eigenvalue weighted by atomic mass is 32.2. The summed E-state index contributed by atoms with van der Waals surface area (Å²) < 4.78 is 39.6. The van der Waals surface area contributed by atoms with Crippen molar-refractivity contribution in [3.8, 4) is 17.2 Å². The van der Waals surface area contributed by atoms with Crippen LogP contribution in [0.3, 0.4) is 0 Å². The van der Waals surface area contributed by atoms with E-state index in [-0.39, 0.29) is 22.8 Å². The van der Waals surface area contributed by atoms with Gasteiger partial charge < -0.3 is 14.8 Å². The molecule has 0 fully saturated rings. The number of rotatable bonds is 10. The van der Waals surface area contributed by atoms with Crippen molar-refractivity contribution in [2.75, 3.05) is 19.0 Å². The first-order valence-electron chi connectivity index (χ1n) is 11.3. The van der Waals surface area contributed by atoms with Gasteiger partial charge in [-0.25, -0.2) is 13.1 Å². The van der Waals surface area contributed by atoms with Crippen LogP contribution in [0.5, 0.6) is 17.2 Å². The summed E-state index contributed by atoms with van der Waals surface area (Å²) in [6, 6.07) is 30.1. The molecule has 2 N–H and O–H groups in total. The zero-order chi connectivity index (χ0) is 25.4. The Balaban J connectivity index is 1.44. The smallest absolute Gasteiger partial charge is 0.255 e. The fraction of sp³-hybridized carbons (Fsp3) is 0.107. The Morgan fingerprint density at radius 3 is 2.11 bits per heavy atom. The standard InChI is InChI=1S/C28H26N2O5S/c1-34-26-17-12-22(20-27(26)36(32,33)29-19-18-21-8-4-2-5-9-21)28(31)30-23-13-15-25(16-14-23)35-24-10-6-3-7-11-24/h2-17,20,29H,18-19H2,1H3,(H,30,31). The van der Waals surface area contributed by atoms with Gasteiger partial charge in [-0.3, -0.25) is 4.79 Å². The third kappa shape index (κ3) is 6.50. The molecule has 0 radical (unpaired) electrons. The van der Waals surface area contributed by atoms with E-state index in [1.165, 1.54) is 25.3 Å². The van der Waals surface area contributed by atoms with Crippen molar-refractivity contribution in [2.24, 2.45) is 0 Å². The Bertz CT molecular complexity index is 1410. The molecular formula is C28H26N2O5S. The normalized spacial score (nSPS) is 11.0. The van der Waals surface area contributed by atoms with Gasteiger partial charge in [0.2, 0.25) is 10.0 Å². The lowest BCUT2D eigenvalue weighted by Gasteiger charge is -2.13. The minimum absolute atomic E-state index is 0.0997. The van der Waals surface area contributed by atoms with E-state index in [9.17, 15) is 13.2 Å².